The zero-order valence-electron chi connectivity index (χ0n) is 20.9. The first-order valence-electron chi connectivity index (χ1n) is 12.4. The fourth-order valence-corrected chi connectivity index (χ4v) is 5.46. The molecule has 190 valence electrons. The molecule has 0 radical (unpaired) electrons. The van der Waals surface area contributed by atoms with Crippen molar-refractivity contribution < 1.29 is 18.0 Å². The third kappa shape index (κ3) is 7.31. The lowest BCUT2D eigenvalue weighted by Crippen LogP contribution is -2.53. The van der Waals surface area contributed by atoms with E-state index in [4.69, 9.17) is 0 Å². The Morgan fingerprint density at radius 1 is 1.00 bits per heavy atom. The summed E-state index contributed by atoms with van der Waals surface area (Å²) in [6, 6.07) is 16.0. The van der Waals surface area contributed by atoms with Gasteiger partial charge in [0.1, 0.15) is 12.6 Å². The van der Waals surface area contributed by atoms with Crippen molar-refractivity contribution in [2.45, 2.75) is 71.0 Å². The molecule has 35 heavy (non-hydrogen) atoms. The van der Waals surface area contributed by atoms with E-state index in [9.17, 15) is 18.0 Å². The fourth-order valence-electron chi connectivity index (χ4n) is 4.58. The molecule has 0 aromatic heterocycles. The molecule has 0 heterocycles. The lowest BCUT2D eigenvalue weighted by atomic mass is 9.95. The average Bonchev–Trinajstić information content (AvgIpc) is 2.85. The Morgan fingerprint density at radius 3 is 2.26 bits per heavy atom. The highest BCUT2D eigenvalue weighted by molar-refractivity contribution is 7.92. The summed E-state index contributed by atoms with van der Waals surface area (Å²) in [7, 11) is -3.74. The van der Waals surface area contributed by atoms with Crippen LogP contribution in [0.4, 0.5) is 5.69 Å². The lowest BCUT2D eigenvalue weighted by molar-refractivity contribution is -0.139. The summed E-state index contributed by atoms with van der Waals surface area (Å²) in [5.74, 6) is -0.627. The van der Waals surface area contributed by atoms with E-state index in [0.717, 1.165) is 47.4 Å². The number of nitrogens with zero attached hydrogens (tertiary/aromatic N) is 2. The zero-order chi connectivity index (χ0) is 25.4. The highest BCUT2D eigenvalue weighted by atomic mass is 32.2. The third-order valence-corrected chi connectivity index (χ3v) is 7.76. The molecule has 3 rings (SSSR count). The fraction of sp³-hybridized carbons (Fsp3) is 0.481. The van der Waals surface area contributed by atoms with Crippen LogP contribution < -0.4 is 9.62 Å². The molecule has 1 saturated carbocycles. The van der Waals surface area contributed by atoms with Gasteiger partial charge in [-0.05, 0) is 43.4 Å². The molecule has 0 saturated heterocycles. The summed E-state index contributed by atoms with van der Waals surface area (Å²) in [5, 5.41) is 3.11. The van der Waals surface area contributed by atoms with Gasteiger partial charge in [-0.3, -0.25) is 13.9 Å². The predicted molar refractivity (Wildman–Crippen MR) is 139 cm³/mol. The van der Waals surface area contributed by atoms with Gasteiger partial charge in [-0.25, -0.2) is 8.42 Å². The van der Waals surface area contributed by atoms with Crippen molar-refractivity contribution in [1.29, 1.82) is 0 Å². The maximum atomic E-state index is 13.7. The molecule has 2 amide bonds. The lowest BCUT2D eigenvalue weighted by Gasteiger charge is -2.33. The second kappa shape index (κ2) is 12.2. The zero-order valence-corrected chi connectivity index (χ0v) is 21.8. The van der Waals surface area contributed by atoms with Gasteiger partial charge in [0, 0.05) is 12.6 Å². The van der Waals surface area contributed by atoms with Gasteiger partial charge in [-0.2, -0.15) is 0 Å². The minimum atomic E-state index is -3.74. The normalized spacial score (nSPS) is 15.3. The summed E-state index contributed by atoms with van der Waals surface area (Å²) in [6.45, 7) is 3.50. The molecule has 2 aromatic rings. The monoisotopic (exact) mass is 499 g/mol. The first-order valence-corrected chi connectivity index (χ1v) is 14.2. The standard InChI is InChI=1S/C27H37N3O4S/c1-4-23-15-11-12-18-25(23)30(35(3,33)34)20-26(31)29(19-22-13-7-5-8-14-22)21(2)27(32)28-24-16-9-6-10-17-24/h5,7-8,11-15,18,21,24H,4,6,9-10,16-17,19-20H2,1-3H3,(H,28,32)/t21-/m1/s1. The van der Waals surface area contributed by atoms with Gasteiger partial charge in [0.05, 0.1) is 11.9 Å². The molecular formula is C27H37N3O4S. The molecular weight excluding hydrogens is 462 g/mol. The number of benzene rings is 2. The van der Waals surface area contributed by atoms with Crippen LogP contribution in [0.5, 0.6) is 0 Å². The van der Waals surface area contributed by atoms with E-state index in [1.54, 1.807) is 19.1 Å². The van der Waals surface area contributed by atoms with Crippen LogP contribution in [0.2, 0.25) is 0 Å². The van der Waals surface area contributed by atoms with Crippen molar-refractivity contribution in [3.8, 4) is 0 Å². The maximum Gasteiger partial charge on any atom is 0.244 e. The van der Waals surface area contributed by atoms with E-state index in [1.165, 1.54) is 11.3 Å². The number of nitrogens with one attached hydrogen (secondary N) is 1. The largest absolute Gasteiger partial charge is 0.352 e. The number of amides is 2. The Bertz CT molecular complexity index is 1100. The van der Waals surface area contributed by atoms with Crippen molar-refractivity contribution >= 4 is 27.5 Å². The summed E-state index contributed by atoms with van der Waals surface area (Å²) in [6.07, 6.45) is 6.98. The van der Waals surface area contributed by atoms with Gasteiger partial charge in [-0.15, -0.1) is 0 Å². The van der Waals surface area contributed by atoms with E-state index in [0.29, 0.717) is 12.1 Å². The Kier molecular flexibility index (Phi) is 9.32. The SMILES string of the molecule is CCc1ccccc1N(CC(=O)N(Cc1ccccc1)[C@H](C)C(=O)NC1CCCCC1)S(C)(=O)=O. The second-order valence-electron chi connectivity index (χ2n) is 9.28. The second-order valence-corrected chi connectivity index (χ2v) is 11.2. The predicted octanol–water partition coefficient (Wildman–Crippen LogP) is 3.88. The smallest absolute Gasteiger partial charge is 0.244 e. The van der Waals surface area contributed by atoms with Crippen LogP contribution in [0.1, 0.15) is 57.1 Å². The quantitative estimate of drug-likeness (QED) is 0.538. The van der Waals surface area contributed by atoms with E-state index in [-0.39, 0.29) is 25.0 Å². The van der Waals surface area contributed by atoms with Crippen molar-refractivity contribution in [3.63, 3.8) is 0 Å². The molecule has 2 aromatic carbocycles. The van der Waals surface area contributed by atoms with Crippen molar-refractivity contribution in [3.05, 3.63) is 65.7 Å². The molecule has 0 unspecified atom stereocenters. The first-order chi connectivity index (χ1) is 16.7. The summed E-state index contributed by atoms with van der Waals surface area (Å²) >= 11 is 0. The highest BCUT2D eigenvalue weighted by Gasteiger charge is 2.31. The van der Waals surface area contributed by atoms with Gasteiger partial charge < -0.3 is 10.2 Å². The molecule has 7 nitrogen and oxygen atoms in total. The first kappa shape index (κ1) is 26.7. The number of sulfonamides is 1. The Morgan fingerprint density at radius 2 is 1.63 bits per heavy atom. The summed E-state index contributed by atoms with van der Waals surface area (Å²) in [5.41, 5.74) is 2.20. The molecule has 1 fully saturated rings. The number of hydrogen-bond acceptors (Lipinski definition) is 4. The van der Waals surface area contributed by atoms with Crippen LogP contribution in [-0.4, -0.2) is 50.0 Å². The van der Waals surface area contributed by atoms with Crippen LogP contribution in [-0.2, 0) is 32.6 Å². The number of carbonyl (C=O) groups excluding carboxylic acids is 2. The van der Waals surface area contributed by atoms with Crippen LogP contribution in [0.15, 0.2) is 54.6 Å². The number of anilines is 1. The number of aryl methyl sites for hydroxylation is 1. The average molecular weight is 500 g/mol. The Labute approximate surface area is 209 Å². The highest BCUT2D eigenvalue weighted by Crippen LogP contribution is 2.24. The van der Waals surface area contributed by atoms with Gasteiger partial charge >= 0.3 is 0 Å². The van der Waals surface area contributed by atoms with Crippen molar-refractivity contribution in [2.75, 3.05) is 17.1 Å². The van der Waals surface area contributed by atoms with E-state index >= 15 is 0 Å². The molecule has 1 aliphatic carbocycles. The molecule has 0 aliphatic heterocycles. The van der Waals surface area contributed by atoms with E-state index in [1.807, 2.05) is 49.4 Å². The third-order valence-electron chi connectivity index (χ3n) is 6.64. The molecule has 8 heteroatoms. The van der Waals surface area contributed by atoms with Gasteiger partial charge in [0.25, 0.3) is 0 Å². The van der Waals surface area contributed by atoms with Crippen LogP contribution in [0.3, 0.4) is 0 Å². The van der Waals surface area contributed by atoms with Gasteiger partial charge in [0.15, 0.2) is 0 Å². The van der Waals surface area contributed by atoms with Gasteiger partial charge in [0.2, 0.25) is 21.8 Å². The van der Waals surface area contributed by atoms with E-state index in [2.05, 4.69) is 5.32 Å². The Balaban J connectivity index is 1.87. The minimum absolute atomic E-state index is 0.122. The topological polar surface area (TPSA) is 86.8 Å². The number of rotatable bonds is 10. The number of para-hydroxylation sites is 1. The van der Waals surface area contributed by atoms with Crippen LogP contribution in [0, 0.1) is 0 Å². The van der Waals surface area contributed by atoms with Gasteiger partial charge in [-0.1, -0.05) is 74.7 Å². The molecule has 0 spiro atoms. The maximum absolute atomic E-state index is 13.7. The number of carbonyl (C=O) groups is 2. The number of hydrogen-bond donors (Lipinski definition) is 1. The molecule has 1 atom stereocenters. The Hall–Kier alpha value is -2.87. The summed E-state index contributed by atoms with van der Waals surface area (Å²) < 4.78 is 26.7. The molecule has 1 N–H and O–H groups in total. The van der Waals surface area contributed by atoms with E-state index < -0.39 is 22.0 Å². The molecule has 1 aliphatic rings. The van der Waals surface area contributed by atoms with Crippen molar-refractivity contribution in [2.24, 2.45) is 0 Å². The van der Waals surface area contributed by atoms with Crippen LogP contribution >= 0.6 is 0 Å². The molecule has 0 bridgehead atoms. The summed E-state index contributed by atoms with van der Waals surface area (Å²) in [4.78, 5) is 28.3. The van der Waals surface area contributed by atoms with Crippen LogP contribution in [0.25, 0.3) is 0 Å². The minimum Gasteiger partial charge on any atom is -0.352 e. The van der Waals surface area contributed by atoms with Crippen molar-refractivity contribution in [1.82, 2.24) is 10.2 Å².